The molecule has 4 unspecified atom stereocenters. The van der Waals surface area contributed by atoms with Gasteiger partial charge in [0.25, 0.3) is 0 Å². The van der Waals surface area contributed by atoms with Gasteiger partial charge in [0, 0.05) is 17.9 Å². The van der Waals surface area contributed by atoms with Crippen LogP contribution in [0, 0.1) is 50.2 Å². The van der Waals surface area contributed by atoms with Gasteiger partial charge < -0.3 is 24.8 Å². The topological polar surface area (TPSA) is 113 Å². The minimum absolute atomic E-state index is 0.0628. The predicted octanol–water partition coefficient (Wildman–Crippen LogP) is 6.14. The van der Waals surface area contributed by atoms with Crippen molar-refractivity contribution < 1.29 is 34.4 Å². The summed E-state index contributed by atoms with van der Waals surface area (Å²) in [5.41, 5.74) is -0.624. The van der Waals surface area contributed by atoms with Crippen LogP contribution in [0.3, 0.4) is 0 Å². The van der Waals surface area contributed by atoms with Crippen LogP contribution >= 0.6 is 0 Å². The van der Waals surface area contributed by atoms with Crippen LogP contribution in [-0.4, -0.2) is 58.3 Å². The Labute approximate surface area is 264 Å². The first-order chi connectivity index (χ1) is 20.3. The lowest BCUT2D eigenvalue weighted by molar-refractivity contribution is -0.265. The number of hydrogen-bond donors (Lipinski definition) is 3. The van der Waals surface area contributed by atoms with E-state index in [4.69, 9.17) is 9.47 Å². The summed E-state index contributed by atoms with van der Waals surface area (Å²) in [5, 5.41) is 34.7. The fraction of sp³-hybridized carbons (Fsp3) is 0.838. The van der Waals surface area contributed by atoms with Crippen molar-refractivity contribution in [1.29, 1.82) is 0 Å². The summed E-state index contributed by atoms with van der Waals surface area (Å²) in [6.07, 6.45) is 6.76. The highest BCUT2D eigenvalue weighted by Crippen LogP contribution is 2.76. The first-order valence-electron chi connectivity index (χ1n) is 17.0. The van der Waals surface area contributed by atoms with Crippen LogP contribution in [0.1, 0.15) is 114 Å². The molecular formula is C37H58O7. The van der Waals surface area contributed by atoms with Crippen molar-refractivity contribution in [3.05, 3.63) is 23.3 Å². The zero-order valence-electron chi connectivity index (χ0n) is 28.8. The van der Waals surface area contributed by atoms with Crippen LogP contribution in [0.5, 0.6) is 0 Å². The molecule has 4 fully saturated rings. The Hall–Kier alpha value is -1.70. The summed E-state index contributed by atoms with van der Waals surface area (Å²) in [6.45, 7) is 20.2. The summed E-state index contributed by atoms with van der Waals surface area (Å²) in [7, 11) is 0. The van der Waals surface area contributed by atoms with Crippen LogP contribution in [-0.2, 0) is 19.1 Å². The Bertz CT molecular complexity index is 1250. The Morgan fingerprint density at radius 3 is 2.16 bits per heavy atom. The van der Waals surface area contributed by atoms with Crippen molar-refractivity contribution in [3.8, 4) is 0 Å². The van der Waals surface area contributed by atoms with Gasteiger partial charge in [0.05, 0.1) is 24.2 Å². The second kappa shape index (κ2) is 10.7. The number of rotatable bonds is 4. The zero-order chi connectivity index (χ0) is 32.8. The molecule has 0 radical (unpaired) electrons. The molecule has 0 saturated heterocycles. The van der Waals surface area contributed by atoms with E-state index in [0.29, 0.717) is 30.3 Å². The number of esters is 2. The number of allylic oxidation sites excluding steroid dienone is 3. The maximum Gasteiger partial charge on any atom is 0.333 e. The molecule has 0 heterocycles. The molecule has 11 atom stereocenters. The number of aliphatic hydroxyl groups excluding tert-OH is 3. The van der Waals surface area contributed by atoms with Crippen molar-refractivity contribution in [3.63, 3.8) is 0 Å². The molecule has 0 aliphatic heterocycles. The van der Waals surface area contributed by atoms with Gasteiger partial charge in [-0.2, -0.15) is 0 Å². The van der Waals surface area contributed by atoms with Gasteiger partial charge in [0.15, 0.2) is 0 Å². The van der Waals surface area contributed by atoms with E-state index in [1.165, 1.54) is 12.5 Å². The molecule has 0 bridgehead atoms. The maximum atomic E-state index is 13.1. The van der Waals surface area contributed by atoms with Crippen LogP contribution in [0.15, 0.2) is 23.3 Å². The van der Waals surface area contributed by atoms with Gasteiger partial charge in [-0.1, -0.05) is 66.2 Å². The Kier molecular flexibility index (Phi) is 8.16. The highest BCUT2D eigenvalue weighted by molar-refractivity contribution is 5.87. The predicted molar refractivity (Wildman–Crippen MR) is 169 cm³/mol. The highest BCUT2D eigenvalue weighted by atomic mass is 16.6. The molecule has 44 heavy (non-hydrogen) atoms. The van der Waals surface area contributed by atoms with Crippen LogP contribution in [0.4, 0.5) is 0 Å². The van der Waals surface area contributed by atoms with Gasteiger partial charge >= 0.3 is 11.9 Å². The monoisotopic (exact) mass is 614 g/mol. The summed E-state index contributed by atoms with van der Waals surface area (Å²) in [4.78, 5) is 25.7. The molecule has 5 aliphatic carbocycles. The average Bonchev–Trinajstić information content (AvgIpc) is 2.92. The third-order valence-corrected chi connectivity index (χ3v) is 14.6. The molecule has 248 valence electrons. The third-order valence-electron chi connectivity index (χ3n) is 14.6. The van der Waals surface area contributed by atoms with Crippen molar-refractivity contribution in [2.24, 2.45) is 50.2 Å². The molecule has 7 heteroatoms. The van der Waals surface area contributed by atoms with Crippen molar-refractivity contribution in [1.82, 2.24) is 0 Å². The minimum Gasteiger partial charge on any atom is -0.458 e. The second-order valence-corrected chi connectivity index (χ2v) is 17.2. The molecular weight excluding hydrogens is 556 g/mol. The van der Waals surface area contributed by atoms with Crippen molar-refractivity contribution in [2.75, 3.05) is 6.61 Å². The molecule has 0 amide bonds. The molecule has 7 nitrogen and oxygen atoms in total. The summed E-state index contributed by atoms with van der Waals surface area (Å²) in [5.74, 6) is -0.463. The molecule has 5 rings (SSSR count). The Morgan fingerprint density at radius 1 is 0.909 bits per heavy atom. The summed E-state index contributed by atoms with van der Waals surface area (Å²) < 4.78 is 12.2. The quantitative estimate of drug-likeness (QED) is 0.198. The fourth-order valence-electron chi connectivity index (χ4n) is 11.7. The normalized spacial score (nSPS) is 47.6. The lowest BCUT2D eigenvalue weighted by Crippen LogP contribution is -2.72. The van der Waals surface area contributed by atoms with Crippen LogP contribution < -0.4 is 0 Å². The number of carbonyl (C=O) groups is 2. The Morgan fingerprint density at radius 2 is 1.57 bits per heavy atom. The van der Waals surface area contributed by atoms with Gasteiger partial charge in [0.1, 0.15) is 12.2 Å². The molecule has 0 spiro atoms. The number of hydrogen-bond acceptors (Lipinski definition) is 7. The summed E-state index contributed by atoms with van der Waals surface area (Å²) >= 11 is 0. The molecule has 3 N–H and O–H groups in total. The molecule has 0 aromatic rings. The van der Waals surface area contributed by atoms with E-state index in [1.54, 1.807) is 19.9 Å². The fourth-order valence-corrected chi connectivity index (χ4v) is 11.7. The Balaban J connectivity index is 1.63. The van der Waals surface area contributed by atoms with E-state index < -0.39 is 41.1 Å². The molecule has 0 aromatic heterocycles. The largest absolute Gasteiger partial charge is 0.458 e. The minimum atomic E-state index is -1.21. The van der Waals surface area contributed by atoms with Gasteiger partial charge in [-0.25, -0.2) is 4.79 Å². The average molecular weight is 615 g/mol. The number of aliphatic hydroxyl groups is 3. The lowest BCUT2D eigenvalue weighted by Gasteiger charge is -2.72. The van der Waals surface area contributed by atoms with Crippen LogP contribution in [0.2, 0.25) is 0 Å². The first-order valence-corrected chi connectivity index (χ1v) is 17.0. The van der Waals surface area contributed by atoms with Gasteiger partial charge in [0.2, 0.25) is 0 Å². The number of carbonyl (C=O) groups excluding carboxylic acids is 2. The second-order valence-electron chi connectivity index (χ2n) is 17.2. The van der Waals surface area contributed by atoms with E-state index in [1.807, 2.05) is 13.8 Å². The first kappa shape index (κ1) is 33.7. The number of fused-ring (bicyclic) bond motifs is 7. The summed E-state index contributed by atoms with van der Waals surface area (Å²) in [6, 6.07) is 0. The smallest absolute Gasteiger partial charge is 0.333 e. The number of ether oxygens (including phenoxy) is 2. The molecule has 4 saturated carbocycles. The standard InChI is InChI=1S/C37H58O7/c1-11-21(2)31(42)44-29-30(43-22(3)39)37(20-38)24(18-32(29,4)5)23-12-13-26-34(8)16-15-27(40)33(6,7)25(34)14-17-35(26,9)36(23,10)19-28(37)41/h11-12,24-30,38,40-41H,13-20H2,1-10H3/b21-11+/t24-,25-,26+,27?,28?,29?,30?,34-,35+,36+,37-/m0/s1. The van der Waals surface area contributed by atoms with E-state index in [9.17, 15) is 24.9 Å². The molecule has 5 aliphatic rings. The van der Waals surface area contributed by atoms with Crippen molar-refractivity contribution in [2.45, 2.75) is 139 Å². The SMILES string of the molecule is C/C=C(\C)C(=O)OC1C(OC(C)=O)[C@]2(CO)C(O)C[C@]3(C)C(=CC[C@@H]4[C@@]5(C)CCC(O)C(C)(C)[C@@H]5CC[C@]43C)[C@@H]2CC1(C)C. The van der Waals surface area contributed by atoms with Gasteiger partial charge in [-0.15, -0.1) is 0 Å². The van der Waals surface area contributed by atoms with Crippen molar-refractivity contribution >= 4 is 11.9 Å². The lowest BCUT2D eigenvalue weighted by atomic mass is 9.33. The molecule has 0 aromatic carbocycles. The van der Waals surface area contributed by atoms with Gasteiger partial charge in [-0.05, 0) is 98.2 Å². The van der Waals surface area contributed by atoms with E-state index in [-0.39, 0.29) is 40.3 Å². The highest BCUT2D eigenvalue weighted by Gasteiger charge is 2.73. The van der Waals surface area contributed by atoms with Crippen LogP contribution in [0.25, 0.3) is 0 Å². The van der Waals surface area contributed by atoms with E-state index >= 15 is 0 Å². The van der Waals surface area contributed by atoms with Gasteiger partial charge in [-0.3, -0.25) is 4.79 Å². The van der Waals surface area contributed by atoms with E-state index in [2.05, 4.69) is 40.7 Å². The zero-order valence-corrected chi connectivity index (χ0v) is 28.8. The maximum absolute atomic E-state index is 13.1. The van der Waals surface area contributed by atoms with E-state index in [0.717, 1.165) is 32.1 Å². The third kappa shape index (κ3) is 4.37.